The van der Waals surface area contributed by atoms with Crippen LogP contribution in [0.2, 0.25) is 0 Å². The highest BCUT2D eigenvalue weighted by atomic mass is 32.2. The molecular weight excluding hydrogens is 216 g/mol. The van der Waals surface area contributed by atoms with Gasteiger partial charge in [0.05, 0.1) is 0 Å². The Labute approximate surface area is 89.9 Å². The number of carboxylic acid groups (broad SMARTS) is 1. The fourth-order valence-electron chi connectivity index (χ4n) is 1.19. The van der Waals surface area contributed by atoms with Crippen molar-refractivity contribution in [3.8, 4) is 5.75 Å². The summed E-state index contributed by atoms with van der Waals surface area (Å²) in [6, 6.07) is 2.37. The molecule has 0 saturated carbocycles. The topological polar surface area (TPSA) is 82.8 Å². The second-order valence-corrected chi connectivity index (χ2v) is 3.98. The quantitative estimate of drug-likeness (QED) is 0.774. The van der Waals surface area contributed by atoms with Crippen LogP contribution in [-0.4, -0.2) is 38.0 Å². The van der Waals surface area contributed by atoms with E-state index in [0.29, 0.717) is 16.5 Å². The van der Waals surface area contributed by atoms with Crippen molar-refractivity contribution in [2.75, 3.05) is 5.75 Å². The Hall–Kier alpha value is -1.56. The summed E-state index contributed by atoms with van der Waals surface area (Å²) in [5, 5.41) is 18.7. The van der Waals surface area contributed by atoms with Crippen LogP contribution < -0.4 is 0 Å². The molecule has 2 heterocycles. The smallest absolute Gasteiger partial charge is 0.329 e. The van der Waals surface area contributed by atoms with Crippen LogP contribution in [0.4, 0.5) is 0 Å². The number of carboxylic acids is 1. The Kier molecular flexibility index (Phi) is 2.59. The van der Waals surface area contributed by atoms with E-state index in [1.807, 2.05) is 0 Å². The molecule has 0 bridgehead atoms. The van der Waals surface area contributed by atoms with Crippen molar-refractivity contribution in [3.63, 3.8) is 0 Å². The van der Waals surface area contributed by atoms with Crippen molar-refractivity contribution in [2.24, 2.45) is 4.99 Å². The SMILES string of the molecule is O=C(O)[C@H]1CSC(c2ncccc2O)=N1. The molecule has 0 aromatic carbocycles. The number of aromatic hydroxyl groups is 1. The number of carbonyl (C=O) groups is 1. The number of aliphatic imine (C=N–C) groups is 1. The third-order valence-corrected chi connectivity index (χ3v) is 2.98. The Bertz CT molecular complexity index is 433. The van der Waals surface area contributed by atoms with Crippen LogP contribution in [0.1, 0.15) is 5.69 Å². The van der Waals surface area contributed by atoms with Gasteiger partial charge in [0.25, 0.3) is 0 Å². The largest absolute Gasteiger partial charge is 0.506 e. The fourth-order valence-corrected chi connectivity index (χ4v) is 2.22. The summed E-state index contributed by atoms with van der Waals surface area (Å²) in [5.41, 5.74) is 0.353. The Morgan fingerprint density at radius 2 is 2.40 bits per heavy atom. The average molecular weight is 224 g/mol. The number of aliphatic carboxylic acids is 1. The molecule has 0 aliphatic carbocycles. The number of pyridine rings is 1. The van der Waals surface area contributed by atoms with Crippen LogP contribution in [0, 0.1) is 0 Å². The van der Waals surface area contributed by atoms with Gasteiger partial charge in [-0.05, 0) is 12.1 Å². The van der Waals surface area contributed by atoms with Gasteiger partial charge in [-0.3, -0.25) is 9.98 Å². The van der Waals surface area contributed by atoms with Gasteiger partial charge in [-0.15, -0.1) is 11.8 Å². The molecular formula is C9H8N2O3S. The van der Waals surface area contributed by atoms with Crippen LogP contribution >= 0.6 is 11.8 Å². The average Bonchev–Trinajstić information content (AvgIpc) is 2.67. The number of aromatic nitrogens is 1. The minimum absolute atomic E-state index is 0.0230. The first kappa shape index (κ1) is 9.97. The van der Waals surface area contributed by atoms with E-state index in [1.54, 1.807) is 6.07 Å². The van der Waals surface area contributed by atoms with Gasteiger partial charge in [0, 0.05) is 11.9 Å². The van der Waals surface area contributed by atoms with E-state index in [9.17, 15) is 9.90 Å². The summed E-state index contributed by atoms with van der Waals surface area (Å²) in [6.45, 7) is 0. The minimum Gasteiger partial charge on any atom is -0.506 e. The normalized spacial score (nSPS) is 20.0. The number of hydrogen-bond acceptors (Lipinski definition) is 5. The minimum atomic E-state index is -0.951. The van der Waals surface area contributed by atoms with Gasteiger partial charge >= 0.3 is 5.97 Å². The molecule has 1 aromatic rings. The van der Waals surface area contributed by atoms with E-state index in [1.165, 1.54) is 24.0 Å². The summed E-state index contributed by atoms with van der Waals surface area (Å²) >= 11 is 1.29. The van der Waals surface area contributed by atoms with E-state index in [2.05, 4.69) is 9.98 Å². The van der Waals surface area contributed by atoms with E-state index in [0.717, 1.165) is 0 Å². The molecule has 1 aliphatic rings. The molecule has 1 aliphatic heterocycles. The summed E-state index contributed by atoms with van der Waals surface area (Å²) in [6.07, 6.45) is 1.53. The monoisotopic (exact) mass is 224 g/mol. The van der Waals surface area contributed by atoms with Gasteiger partial charge in [-0.2, -0.15) is 0 Å². The zero-order valence-corrected chi connectivity index (χ0v) is 8.44. The van der Waals surface area contributed by atoms with Gasteiger partial charge in [-0.1, -0.05) is 0 Å². The molecule has 0 unspecified atom stereocenters. The molecule has 15 heavy (non-hydrogen) atoms. The molecule has 5 nitrogen and oxygen atoms in total. The number of thioether (sulfide) groups is 1. The Balaban J connectivity index is 2.30. The van der Waals surface area contributed by atoms with E-state index < -0.39 is 12.0 Å². The molecule has 0 fully saturated rings. The number of hydrogen-bond donors (Lipinski definition) is 2. The van der Waals surface area contributed by atoms with E-state index >= 15 is 0 Å². The lowest BCUT2D eigenvalue weighted by molar-refractivity contribution is -0.137. The maximum Gasteiger partial charge on any atom is 0.329 e. The fraction of sp³-hybridized carbons (Fsp3) is 0.222. The number of nitrogens with zero attached hydrogens (tertiary/aromatic N) is 2. The second-order valence-electron chi connectivity index (χ2n) is 2.97. The van der Waals surface area contributed by atoms with Crippen molar-refractivity contribution in [3.05, 3.63) is 24.0 Å². The van der Waals surface area contributed by atoms with Crippen LogP contribution in [0.5, 0.6) is 5.75 Å². The maximum atomic E-state index is 10.7. The lowest BCUT2D eigenvalue weighted by atomic mass is 10.3. The van der Waals surface area contributed by atoms with E-state index in [-0.39, 0.29) is 5.75 Å². The maximum absolute atomic E-state index is 10.7. The first-order valence-corrected chi connectivity index (χ1v) is 5.25. The molecule has 0 spiro atoms. The van der Waals surface area contributed by atoms with Gasteiger partial charge in [-0.25, -0.2) is 4.79 Å². The predicted octanol–water partition coefficient (Wildman–Crippen LogP) is 0.734. The molecule has 6 heteroatoms. The van der Waals surface area contributed by atoms with Gasteiger partial charge in [0.2, 0.25) is 0 Å². The summed E-state index contributed by atoms with van der Waals surface area (Å²) in [4.78, 5) is 18.6. The molecule has 0 radical (unpaired) electrons. The molecule has 0 amide bonds. The third kappa shape index (κ3) is 1.94. The highest BCUT2D eigenvalue weighted by Gasteiger charge is 2.26. The van der Waals surface area contributed by atoms with Crippen LogP contribution in [0.3, 0.4) is 0 Å². The molecule has 1 aromatic heterocycles. The first-order valence-electron chi connectivity index (χ1n) is 4.26. The molecule has 78 valence electrons. The highest BCUT2D eigenvalue weighted by Crippen LogP contribution is 2.26. The molecule has 2 rings (SSSR count). The third-order valence-electron chi connectivity index (χ3n) is 1.93. The second kappa shape index (κ2) is 3.90. The van der Waals surface area contributed by atoms with Crippen LogP contribution in [0.15, 0.2) is 23.3 Å². The zero-order valence-electron chi connectivity index (χ0n) is 7.62. The van der Waals surface area contributed by atoms with Crippen LogP contribution in [0.25, 0.3) is 0 Å². The summed E-state index contributed by atoms with van der Waals surface area (Å²) < 4.78 is 0. The van der Waals surface area contributed by atoms with E-state index in [4.69, 9.17) is 5.11 Å². The first-order chi connectivity index (χ1) is 7.18. The molecule has 0 saturated heterocycles. The lowest BCUT2D eigenvalue weighted by Crippen LogP contribution is -2.17. The molecule has 1 atom stereocenters. The van der Waals surface area contributed by atoms with Crippen molar-refractivity contribution in [1.82, 2.24) is 4.98 Å². The van der Waals surface area contributed by atoms with Crippen molar-refractivity contribution < 1.29 is 15.0 Å². The summed E-state index contributed by atoms with van der Waals surface area (Å²) in [7, 11) is 0. The predicted molar refractivity (Wildman–Crippen MR) is 56.3 cm³/mol. The van der Waals surface area contributed by atoms with Crippen molar-refractivity contribution >= 4 is 22.8 Å². The molecule has 2 N–H and O–H groups in total. The van der Waals surface area contributed by atoms with Gasteiger partial charge in [0.15, 0.2) is 6.04 Å². The summed E-state index contributed by atoms with van der Waals surface area (Å²) in [5.74, 6) is -0.538. The van der Waals surface area contributed by atoms with Crippen molar-refractivity contribution in [2.45, 2.75) is 6.04 Å². The standard InChI is InChI=1S/C9H8N2O3S/c12-6-2-1-3-10-7(6)8-11-5(4-15-8)9(13)14/h1-3,5,12H,4H2,(H,13,14)/t5-/m1/s1. The van der Waals surface area contributed by atoms with Crippen LogP contribution in [-0.2, 0) is 4.79 Å². The highest BCUT2D eigenvalue weighted by molar-refractivity contribution is 8.14. The zero-order chi connectivity index (χ0) is 10.8. The lowest BCUT2D eigenvalue weighted by Gasteiger charge is -2.00. The Morgan fingerprint density at radius 3 is 3.00 bits per heavy atom. The number of rotatable bonds is 2. The Morgan fingerprint density at radius 1 is 1.60 bits per heavy atom. The van der Waals surface area contributed by atoms with Crippen molar-refractivity contribution in [1.29, 1.82) is 0 Å². The van der Waals surface area contributed by atoms with Gasteiger partial charge in [0.1, 0.15) is 16.5 Å². The van der Waals surface area contributed by atoms with Gasteiger partial charge < -0.3 is 10.2 Å².